The van der Waals surface area contributed by atoms with Crippen LogP contribution in [0.5, 0.6) is 17.2 Å². The van der Waals surface area contributed by atoms with Crippen LogP contribution >= 0.6 is 0 Å². The molecule has 0 N–H and O–H groups in total. The molecule has 146 valence electrons. The van der Waals surface area contributed by atoms with Crippen LogP contribution in [0.25, 0.3) is 11.0 Å². The topological polar surface area (TPSA) is 61.1 Å². The summed E-state index contributed by atoms with van der Waals surface area (Å²) in [5, 5.41) is 0.848. The number of carbonyl (C=O) groups is 1. The Morgan fingerprint density at radius 3 is 2.61 bits per heavy atom. The lowest BCUT2D eigenvalue weighted by atomic mass is 10.0. The third-order valence-corrected chi connectivity index (χ3v) is 5.25. The lowest BCUT2D eigenvalue weighted by molar-refractivity contribution is 0.0704. The molecule has 1 aliphatic heterocycles. The lowest BCUT2D eigenvalue weighted by Gasteiger charge is -2.25. The Morgan fingerprint density at radius 1 is 1.04 bits per heavy atom. The summed E-state index contributed by atoms with van der Waals surface area (Å²) in [7, 11) is 4.84. The standard InChI is InChI=1S/C22H23NO5/c1-25-15-9-10-16(19(13-15)27-3)17-7-5-11-23(17)22(24)20-12-14-6-4-8-18(26-2)21(14)28-20/h4,6,8-10,12-13,17H,5,7,11H2,1-3H3. The second-order valence-electron chi connectivity index (χ2n) is 6.75. The molecule has 4 rings (SSSR count). The summed E-state index contributed by atoms with van der Waals surface area (Å²) in [5.74, 6) is 2.25. The monoisotopic (exact) mass is 381 g/mol. The first-order chi connectivity index (χ1) is 13.7. The van der Waals surface area contributed by atoms with Gasteiger partial charge in [-0.1, -0.05) is 12.1 Å². The molecule has 2 aromatic carbocycles. The summed E-state index contributed by atoms with van der Waals surface area (Å²) in [4.78, 5) is 15.1. The van der Waals surface area contributed by atoms with Gasteiger partial charge in [-0.3, -0.25) is 4.79 Å². The third-order valence-electron chi connectivity index (χ3n) is 5.25. The summed E-state index contributed by atoms with van der Waals surface area (Å²) >= 11 is 0. The van der Waals surface area contributed by atoms with Crippen molar-refractivity contribution in [3.05, 3.63) is 53.8 Å². The van der Waals surface area contributed by atoms with Crippen LogP contribution in [0.4, 0.5) is 0 Å². The van der Waals surface area contributed by atoms with E-state index in [1.807, 2.05) is 41.3 Å². The van der Waals surface area contributed by atoms with E-state index in [0.717, 1.165) is 35.3 Å². The van der Waals surface area contributed by atoms with E-state index >= 15 is 0 Å². The molecule has 0 aliphatic carbocycles. The highest BCUT2D eigenvalue weighted by atomic mass is 16.5. The van der Waals surface area contributed by atoms with Crippen LogP contribution in [0.2, 0.25) is 0 Å². The number of likely N-dealkylation sites (tertiary alicyclic amines) is 1. The van der Waals surface area contributed by atoms with Crippen molar-refractivity contribution in [2.75, 3.05) is 27.9 Å². The summed E-state index contributed by atoms with van der Waals surface area (Å²) in [6.45, 7) is 0.673. The molecule has 1 unspecified atom stereocenters. The van der Waals surface area contributed by atoms with E-state index in [1.165, 1.54) is 0 Å². The highest BCUT2D eigenvalue weighted by Gasteiger charge is 2.34. The molecule has 2 heterocycles. The number of hydrogen-bond acceptors (Lipinski definition) is 5. The molecular weight excluding hydrogens is 358 g/mol. The van der Waals surface area contributed by atoms with Gasteiger partial charge in [-0.05, 0) is 37.1 Å². The fourth-order valence-corrected chi connectivity index (χ4v) is 3.87. The Labute approximate surface area is 163 Å². The number of para-hydroxylation sites is 1. The minimum absolute atomic E-state index is 0.0662. The Balaban J connectivity index is 1.68. The van der Waals surface area contributed by atoms with Crippen LogP contribution in [0.15, 0.2) is 46.9 Å². The van der Waals surface area contributed by atoms with Gasteiger partial charge in [0.15, 0.2) is 17.1 Å². The summed E-state index contributed by atoms with van der Waals surface area (Å²) in [5.41, 5.74) is 1.56. The number of nitrogens with zero attached hydrogens (tertiary/aromatic N) is 1. The smallest absolute Gasteiger partial charge is 0.290 e. The molecule has 6 nitrogen and oxygen atoms in total. The molecule has 3 aromatic rings. The first-order valence-electron chi connectivity index (χ1n) is 9.25. The summed E-state index contributed by atoms with van der Waals surface area (Å²) < 4.78 is 22.1. The first-order valence-corrected chi connectivity index (χ1v) is 9.25. The van der Waals surface area contributed by atoms with Gasteiger partial charge in [0.2, 0.25) is 0 Å². The molecule has 0 spiro atoms. The maximum atomic E-state index is 13.2. The van der Waals surface area contributed by atoms with E-state index in [4.69, 9.17) is 18.6 Å². The van der Waals surface area contributed by atoms with Gasteiger partial charge in [-0.2, -0.15) is 0 Å². The van der Waals surface area contributed by atoms with Gasteiger partial charge in [-0.25, -0.2) is 0 Å². The SMILES string of the molecule is COc1ccc(C2CCCN2C(=O)c2cc3cccc(OC)c3o2)c(OC)c1. The average molecular weight is 381 g/mol. The number of carbonyl (C=O) groups excluding carboxylic acids is 1. The highest BCUT2D eigenvalue weighted by Crippen LogP contribution is 2.40. The fourth-order valence-electron chi connectivity index (χ4n) is 3.87. The van der Waals surface area contributed by atoms with E-state index < -0.39 is 0 Å². The Hall–Kier alpha value is -3.15. The zero-order chi connectivity index (χ0) is 19.7. The minimum atomic E-state index is -0.126. The number of fused-ring (bicyclic) bond motifs is 1. The quantitative estimate of drug-likeness (QED) is 0.654. The molecule has 1 atom stereocenters. The molecule has 1 saturated heterocycles. The predicted molar refractivity (Wildman–Crippen MR) is 105 cm³/mol. The second-order valence-corrected chi connectivity index (χ2v) is 6.75. The zero-order valence-corrected chi connectivity index (χ0v) is 16.2. The van der Waals surface area contributed by atoms with Gasteiger partial charge >= 0.3 is 0 Å². The number of benzene rings is 2. The molecule has 0 bridgehead atoms. The van der Waals surface area contributed by atoms with Gasteiger partial charge < -0.3 is 23.5 Å². The first kappa shape index (κ1) is 18.2. The Morgan fingerprint density at radius 2 is 1.86 bits per heavy atom. The minimum Gasteiger partial charge on any atom is -0.497 e. The molecule has 1 fully saturated rings. The molecule has 1 amide bonds. The molecule has 0 saturated carbocycles. The van der Waals surface area contributed by atoms with Gasteiger partial charge in [0.25, 0.3) is 5.91 Å². The van der Waals surface area contributed by atoms with Crippen molar-refractivity contribution in [2.24, 2.45) is 0 Å². The Bertz CT molecular complexity index is 1010. The second kappa shape index (κ2) is 7.46. The number of furan rings is 1. The number of rotatable bonds is 5. The lowest BCUT2D eigenvalue weighted by Crippen LogP contribution is -2.30. The molecule has 1 aliphatic rings. The van der Waals surface area contributed by atoms with Crippen LogP contribution in [0, 0.1) is 0 Å². The molecule has 6 heteroatoms. The third kappa shape index (κ3) is 3.05. The van der Waals surface area contributed by atoms with Crippen LogP contribution in [0.1, 0.15) is 35.0 Å². The van der Waals surface area contributed by atoms with E-state index in [1.54, 1.807) is 27.4 Å². The van der Waals surface area contributed by atoms with Crippen LogP contribution in [0.3, 0.4) is 0 Å². The van der Waals surface area contributed by atoms with Crippen molar-refractivity contribution < 1.29 is 23.4 Å². The summed E-state index contributed by atoms with van der Waals surface area (Å²) in [6.07, 6.45) is 1.80. The van der Waals surface area contributed by atoms with Crippen LogP contribution in [-0.4, -0.2) is 38.7 Å². The number of hydrogen-bond donors (Lipinski definition) is 0. The normalized spacial score (nSPS) is 16.4. The predicted octanol–water partition coefficient (Wildman–Crippen LogP) is 4.44. The van der Waals surface area contributed by atoms with Crippen molar-refractivity contribution in [2.45, 2.75) is 18.9 Å². The highest BCUT2D eigenvalue weighted by molar-refractivity contribution is 5.97. The van der Waals surface area contributed by atoms with E-state index in [9.17, 15) is 4.79 Å². The van der Waals surface area contributed by atoms with Crippen molar-refractivity contribution >= 4 is 16.9 Å². The number of ether oxygens (including phenoxy) is 3. The van der Waals surface area contributed by atoms with E-state index in [2.05, 4.69) is 0 Å². The van der Waals surface area contributed by atoms with Gasteiger partial charge in [0.05, 0.1) is 27.4 Å². The molecule has 1 aromatic heterocycles. The number of amides is 1. The van der Waals surface area contributed by atoms with Gasteiger partial charge in [0, 0.05) is 23.6 Å². The number of methoxy groups -OCH3 is 3. The van der Waals surface area contributed by atoms with Crippen LogP contribution in [-0.2, 0) is 0 Å². The van der Waals surface area contributed by atoms with Crippen LogP contribution < -0.4 is 14.2 Å². The largest absolute Gasteiger partial charge is 0.497 e. The van der Waals surface area contributed by atoms with E-state index in [-0.39, 0.29) is 11.9 Å². The molecular formula is C22H23NO5. The van der Waals surface area contributed by atoms with Crippen molar-refractivity contribution in [3.63, 3.8) is 0 Å². The van der Waals surface area contributed by atoms with Crippen molar-refractivity contribution in [1.82, 2.24) is 4.90 Å². The average Bonchev–Trinajstić information content (AvgIpc) is 3.39. The van der Waals surface area contributed by atoms with E-state index in [0.29, 0.717) is 23.6 Å². The Kier molecular flexibility index (Phi) is 4.86. The van der Waals surface area contributed by atoms with Gasteiger partial charge in [0.1, 0.15) is 11.5 Å². The maximum absolute atomic E-state index is 13.2. The van der Waals surface area contributed by atoms with Crippen molar-refractivity contribution in [3.8, 4) is 17.2 Å². The summed E-state index contributed by atoms with van der Waals surface area (Å²) in [6, 6.07) is 13.0. The zero-order valence-electron chi connectivity index (χ0n) is 16.2. The molecule has 28 heavy (non-hydrogen) atoms. The van der Waals surface area contributed by atoms with Crippen molar-refractivity contribution in [1.29, 1.82) is 0 Å². The molecule has 0 radical (unpaired) electrons. The maximum Gasteiger partial charge on any atom is 0.290 e. The fraction of sp³-hybridized carbons (Fsp3) is 0.318. The van der Waals surface area contributed by atoms with Gasteiger partial charge in [-0.15, -0.1) is 0 Å².